The molecule has 1 rings (SSSR count). The number of anilines is 1. The minimum absolute atomic E-state index is 0.0717. The topological polar surface area (TPSA) is 69.6 Å². The van der Waals surface area contributed by atoms with Crippen molar-refractivity contribution in [2.24, 2.45) is 0 Å². The molecule has 0 radical (unpaired) electrons. The molecule has 21 heavy (non-hydrogen) atoms. The van der Waals surface area contributed by atoms with Gasteiger partial charge >= 0.3 is 18.2 Å². The SMILES string of the molecule is O=C(O)CN(CC(F)(F)F)C(=O)Nc1ccc(Br)cc1Cl. The van der Waals surface area contributed by atoms with Crippen molar-refractivity contribution in [3.8, 4) is 0 Å². The molecule has 2 N–H and O–H groups in total. The average Bonchev–Trinajstić information content (AvgIpc) is 2.29. The van der Waals surface area contributed by atoms with Crippen LogP contribution in [0.3, 0.4) is 0 Å². The van der Waals surface area contributed by atoms with Gasteiger partial charge in [-0.15, -0.1) is 0 Å². The summed E-state index contributed by atoms with van der Waals surface area (Å²) in [6, 6.07) is 3.12. The maximum atomic E-state index is 12.3. The molecule has 0 saturated carbocycles. The maximum Gasteiger partial charge on any atom is 0.406 e. The maximum absolute atomic E-state index is 12.3. The summed E-state index contributed by atoms with van der Waals surface area (Å²) >= 11 is 8.95. The van der Waals surface area contributed by atoms with Crippen molar-refractivity contribution in [1.82, 2.24) is 4.90 Å². The van der Waals surface area contributed by atoms with Gasteiger partial charge in [0.2, 0.25) is 0 Å². The number of halogens is 5. The first-order valence-corrected chi connectivity index (χ1v) is 6.55. The Morgan fingerprint density at radius 3 is 2.48 bits per heavy atom. The van der Waals surface area contributed by atoms with E-state index in [0.29, 0.717) is 4.47 Å². The predicted molar refractivity (Wildman–Crippen MR) is 73.4 cm³/mol. The summed E-state index contributed by atoms with van der Waals surface area (Å²) in [5.41, 5.74) is 0.0717. The number of amides is 2. The lowest BCUT2D eigenvalue weighted by Gasteiger charge is -2.22. The van der Waals surface area contributed by atoms with E-state index in [9.17, 15) is 22.8 Å². The molecule has 1 aromatic rings. The van der Waals surface area contributed by atoms with E-state index in [2.05, 4.69) is 21.2 Å². The number of benzene rings is 1. The molecule has 0 aromatic heterocycles. The Bertz CT molecular complexity index is 554. The molecule has 0 aliphatic carbocycles. The highest BCUT2D eigenvalue weighted by Gasteiger charge is 2.34. The van der Waals surface area contributed by atoms with Crippen LogP contribution in [-0.4, -0.2) is 41.3 Å². The number of carboxylic acid groups (broad SMARTS) is 1. The highest BCUT2D eigenvalue weighted by molar-refractivity contribution is 9.10. The second-order valence-electron chi connectivity index (χ2n) is 3.92. The van der Waals surface area contributed by atoms with Crippen molar-refractivity contribution in [3.63, 3.8) is 0 Å². The van der Waals surface area contributed by atoms with Gasteiger partial charge < -0.3 is 15.3 Å². The Kier molecular flexibility index (Phi) is 5.85. The lowest BCUT2D eigenvalue weighted by molar-refractivity contribution is -0.148. The van der Waals surface area contributed by atoms with E-state index < -0.39 is 31.3 Å². The number of hydrogen-bond acceptors (Lipinski definition) is 2. The number of hydrogen-bond donors (Lipinski definition) is 2. The Morgan fingerprint density at radius 1 is 1.38 bits per heavy atom. The first-order valence-electron chi connectivity index (χ1n) is 5.38. The normalized spacial score (nSPS) is 11.1. The van der Waals surface area contributed by atoms with Crippen molar-refractivity contribution in [2.75, 3.05) is 18.4 Å². The van der Waals surface area contributed by atoms with Crippen LogP contribution in [0, 0.1) is 0 Å². The molecular weight excluding hydrogens is 380 g/mol. The van der Waals surface area contributed by atoms with Gasteiger partial charge in [0.15, 0.2) is 0 Å². The number of carbonyl (C=O) groups is 2. The number of nitrogens with one attached hydrogen (secondary N) is 1. The number of rotatable bonds is 4. The third-order valence-corrected chi connectivity index (χ3v) is 2.96. The molecule has 0 aliphatic heterocycles. The summed E-state index contributed by atoms with van der Waals surface area (Å²) < 4.78 is 37.6. The molecule has 0 fully saturated rings. The molecule has 0 spiro atoms. The van der Waals surface area contributed by atoms with Gasteiger partial charge in [-0.2, -0.15) is 13.2 Å². The quantitative estimate of drug-likeness (QED) is 0.827. The van der Waals surface area contributed by atoms with E-state index in [1.807, 2.05) is 0 Å². The van der Waals surface area contributed by atoms with Gasteiger partial charge in [0, 0.05) is 4.47 Å². The second-order valence-corrected chi connectivity index (χ2v) is 5.24. The van der Waals surface area contributed by atoms with Crippen LogP contribution in [0.2, 0.25) is 5.02 Å². The highest BCUT2D eigenvalue weighted by Crippen LogP contribution is 2.26. The smallest absolute Gasteiger partial charge is 0.406 e. The Morgan fingerprint density at radius 2 is 2.00 bits per heavy atom. The molecule has 10 heteroatoms. The van der Waals surface area contributed by atoms with Crippen molar-refractivity contribution >= 4 is 45.2 Å². The number of carboxylic acids is 1. The van der Waals surface area contributed by atoms with E-state index >= 15 is 0 Å². The summed E-state index contributed by atoms with van der Waals surface area (Å²) in [5, 5.41) is 10.8. The highest BCUT2D eigenvalue weighted by atomic mass is 79.9. The van der Waals surface area contributed by atoms with Gasteiger partial charge in [0.1, 0.15) is 13.1 Å². The van der Waals surface area contributed by atoms with Crippen LogP contribution in [0.25, 0.3) is 0 Å². The summed E-state index contributed by atoms with van der Waals surface area (Å²) in [6.07, 6.45) is -4.71. The van der Waals surface area contributed by atoms with Gasteiger partial charge in [-0.25, -0.2) is 4.79 Å². The van der Waals surface area contributed by atoms with Crippen molar-refractivity contribution in [1.29, 1.82) is 0 Å². The van der Waals surface area contributed by atoms with E-state index in [4.69, 9.17) is 16.7 Å². The monoisotopic (exact) mass is 388 g/mol. The lowest BCUT2D eigenvalue weighted by Crippen LogP contribution is -2.44. The molecule has 0 atom stereocenters. The van der Waals surface area contributed by atoms with Crippen molar-refractivity contribution in [3.05, 3.63) is 27.7 Å². The minimum atomic E-state index is -4.71. The van der Waals surface area contributed by atoms with Gasteiger partial charge in [0.05, 0.1) is 10.7 Å². The van der Waals surface area contributed by atoms with Crippen LogP contribution in [0.1, 0.15) is 0 Å². The number of nitrogens with zero attached hydrogens (tertiary/aromatic N) is 1. The van der Waals surface area contributed by atoms with Crippen LogP contribution in [0.5, 0.6) is 0 Å². The number of carbonyl (C=O) groups excluding carboxylic acids is 1. The van der Waals surface area contributed by atoms with Gasteiger partial charge in [0.25, 0.3) is 0 Å². The fourth-order valence-electron chi connectivity index (χ4n) is 1.36. The first kappa shape index (κ1) is 17.6. The summed E-state index contributed by atoms with van der Waals surface area (Å²) in [4.78, 5) is 22.4. The zero-order chi connectivity index (χ0) is 16.2. The fourth-order valence-corrected chi connectivity index (χ4v) is 2.08. The molecule has 2 amide bonds. The van der Waals surface area contributed by atoms with E-state index in [1.54, 1.807) is 0 Å². The van der Waals surface area contributed by atoms with Gasteiger partial charge in [-0.05, 0) is 18.2 Å². The Balaban J connectivity index is 2.87. The van der Waals surface area contributed by atoms with Crippen LogP contribution in [0.15, 0.2) is 22.7 Å². The van der Waals surface area contributed by atoms with Gasteiger partial charge in [-0.1, -0.05) is 27.5 Å². The molecule has 0 aliphatic rings. The van der Waals surface area contributed by atoms with Gasteiger partial charge in [-0.3, -0.25) is 4.79 Å². The molecule has 116 valence electrons. The van der Waals surface area contributed by atoms with Crippen LogP contribution < -0.4 is 5.32 Å². The zero-order valence-electron chi connectivity index (χ0n) is 10.2. The first-order chi connectivity index (χ1) is 9.58. The van der Waals surface area contributed by atoms with E-state index in [-0.39, 0.29) is 15.6 Å². The van der Waals surface area contributed by atoms with Crippen LogP contribution in [-0.2, 0) is 4.79 Å². The third-order valence-electron chi connectivity index (χ3n) is 2.16. The average molecular weight is 390 g/mol. The van der Waals surface area contributed by atoms with E-state index in [0.717, 1.165) is 0 Å². The largest absolute Gasteiger partial charge is 0.480 e. The number of aliphatic carboxylic acids is 1. The van der Waals surface area contributed by atoms with Crippen LogP contribution >= 0.6 is 27.5 Å². The van der Waals surface area contributed by atoms with Crippen molar-refractivity contribution in [2.45, 2.75) is 6.18 Å². The lowest BCUT2D eigenvalue weighted by atomic mass is 10.3. The predicted octanol–water partition coefficient (Wildman–Crippen LogP) is 3.58. The zero-order valence-corrected chi connectivity index (χ0v) is 12.6. The summed E-state index contributed by atoms with van der Waals surface area (Å²) in [6.45, 7) is -2.77. The molecule has 0 saturated heterocycles. The third kappa shape index (κ3) is 6.21. The molecule has 5 nitrogen and oxygen atoms in total. The summed E-state index contributed by atoms with van der Waals surface area (Å²) in [5.74, 6) is -1.56. The Hall–Kier alpha value is -1.48. The molecule has 0 heterocycles. The fraction of sp³-hybridized carbons (Fsp3) is 0.273. The molecule has 0 bridgehead atoms. The minimum Gasteiger partial charge on any atom is -0.480 e. The van der Waals surface area contributed by atoms with Crippen LogP contribution in [0.4, 0.5) is 23.7 Å². The number of urea groups is 1. The van der Waals surface area contributed by atoms with Crippen molar-refractivity contribution < 1.29 is 27.9 Å². The number of alkyl halides is 3. The molecule has 0 unspecified atom stereocenters. The second kappa shape index (κ2) is 6.99. The molecular formula is C11H9BrClF3N2O3. The van der Waals surface area contributed by atoms with E-state index in [1.165, 1.54) is 18.2 Å². The summed E-state index contributed by atoms with van der Waals surface area (Å²) in [7, 11) is 0. The Labute approximate surface area is 130 Å². The standard InChI is InChI=1S/C11H9BrClF3N2O3/c12-6-1-2-8(7(13)3-6)17-10(21)18(4-9(19)20)5-11(14,15)16/h1-3H,4-5H2,(H,17,21)(H,19,20). The molecule has 1 aromatic carbocycles.